The van der Waals surface area contributed by atoms with Gasteiger partial charge in [-0.25, -0.2) is 0 Å². The third-order valence-electron chi connectivity index (χ3n) is 6.19. The number of hydrogen-bond donors (Lipinski definition) is 1. The summed E-state index contributed by atoms with van der Waals surface area (Å²) in [5.74, 6) is -0.392. The smallest absolute Gasteiger partial charge is 0.249 e. The lowest BCUT2D eigenvalue weighted by Crippen LogP contribution is -2.11. The average Bonchev–Trinajstić information content (AvgIpc) is 3.13. The molecule has 0 fully saturated rings. The number of aromatic nitrogens is 1. The number of nitrogens with two attached hydrogens (primary N) is 1. The van der Waals surface area contributed by atoms with Crippen molar-refractivity contribution in [3.63, 3.8) is 0 Å². The monoisotopic (exact) mass is 418 g/mol. The number of primary amides is 1. The van der Waals surface area contributed by atoms with E-state index in [2.05, 4.69) is 84.3 Å². The van der Waals surface area contributed by atoms with Crippen LogP contribution in [-0.2, 0) is 13.0 Å². The Kier molecular flexibility index (Phi) is 5.24. The minimum absolute atomic E-state index is 0.392. The molecule has 0 unspecified atom stereocenters. The van der Waals surface area contributed by atoms with Crippen molar-refractivity contribution in [2.45, 2.75) is 26.3 Å². The number of carbonyl (C=O) groups excluding carboxylic acids is 1. The lowest BCUT2D eigenvalue weighted by atomic mass is 9.99. The van der Waals surface area contributed by atoms with E-state index in [0.29, 0.717) is 12.1 Å². The van der Waals surface area contributed by atoms with Crippen LogP contribution in [0.4, 0.5) is 0 Å². The van der Waals surface area contributed by atoms with Crippen LogP contribution in [0.25, 0.3) is 32.9 Å². The van der Waals surface area contributed by atoms with Crippen LogP contribution in [0.1, 0.15) is 34.8 Å². The number of carbonyl (C=O) groups is 1. The van der Waals surface area contributed by atoms with Gasteiger partial charge in [0, 0.05) is 28.4 Å². The van der Waals surface area contributed by atoms with Gasteiger partial charge < -0.3 is 10.3 Å². The van der Waals surface area contributed by atoms with Crippen molar-refractivity contribution in [3.8, 4) is 11.1 Å². The second kappa shape index (κ2) is 8.35. The quantitative estimate of drug-likeness (QED) is 0.333. The molecule has 0 aliphatic heterocycles. The van der Waals surface area contributed by atoms with Crippen molar-refractivity contribution in [1.29, 1.82) is 0 Å². The zero-order valence-corrected chi connectivity index (χ0v) is 18.2. The Morgan fingerprint density at radius 3 is 2.41 bits per heavy atom. The SMILES string of the molecule is CCCc1ccc2c3c(C(N)=O)cccc3n(Cc3ccccc3-c3ccccc3)c2c1. The van der Waals surface area contributed by atoms with Gasteiger partial charge in [0.2, 0.25) is 5.91 Å². The first-order valence-electron chi connectivity index (χ1n) is 11.1. The van der Waals surface area contributed by atoms with Crippen molar-refractivity contribution in [3.05, 3.63) is 108 Å². The van der Waals surface area contributed by atoms with E-state index in [1.807, 2.05) is 18.2 Å². The highest BCUT2D eigenvalue weighted by molar-refractivity contribution is 6.18. The van der Waals surface area contributed by atoms with Gasteiger partial charge in [-0.15, -0.1) is 0 Å². The van der Waals surface area contributed by atoms with E-state index in [0.717, 1.165) is 34.6 Å². The van der Waals surface area contributed by atoms with Crippen molar-refractivity contribution in [2.24, 2.45) is 5.73 Å². The summed E-state index contributed by atoms with van der Waals surface area (Å²) in [6.07, 6.45) is 2.12. The van der Waals surface area contributed by atoms with Crippen LogP contribution in [0.3, 0.4) is 0 Å². The molecule has 0 atom stereocenters. The summed E-state index contributed by atoms with van der Waals surface area (Å²) in [7, 11) is 0. The van der Waals surface area contributed by atoms with Gasteiger partial charge in [0.25, 0.3) is 0 Å². The predicted molar refractivity (Wildman–Crippen MR) is 133 cm³/mol. The lowest BCUT2D eigenvalue weighted by molar-refractivity contribution is 0.100. The zero-order chi connectivity index (χ0) is 22.1. The molecule has 0 saturated heterocycles. The number of fused-ring (bicyclic) bond motifs is 3. The fraction of sp³-hybridized carbons (Fsp3) is 0.138. The third-order valence-corrected chi connectivity index (χ3v) is 6.19. The predicted octanol–water partition coefficient (Wildman–Crippen LogP) is 6.56. The molecule has 32 heavy (non-hydrogen) atoms. The van der Waals surface area contributed by atoms with Crippen molar-refractivity contribution >= 4 is 27.7 Å². The molecule has 0 aliphatic rings. The van der Waals surface area contributed by atoms with Gasteiger partial charge in [0.15, 0.2) is 0 Å². The maximum absolute atomic E-state index is 12.2. The van der Waals surface area contributed by atoms with Crippen LogP contribution < -0.4 is 5.73 Å². The number of hydrogen-bond acceptors (Lipinski definition) is 1. The summed E-state index contributed by atoms with van der Waals surface area (Å²) in [6.45, 7) is 2.91. The summed E-state index contributed by atoms with van der Waals surface area (Å²) < 4.78 is 2.33. The molecule has 158 valence electrons. The molecule has 5 rings (SSSR count). The van der Waals surface area contributed by atoms with Crippen LogP contribution in [0, 0.1) is 0 Å². The van der Waals surface area contributed by atoms with E-state index in [-0.39, 0.29) is 0 Å². The van der Waals surface area contributed by atoms with Crippen LogP contribution >= 0.6 is 0 Å². The van der Waals surface area contributed by atoms with Crippen molar-refractivity contribution in [1.82, 2.24) is 4.57 Å². The van der Waals surface area contributed by atoms with E-state index in [1.54, 1.807) is 0 Å². The maximum Gasteiger partial charge on any atom is 0.249 e. The number of aryl methyl sites for hydroxylation is 1. The molecule has 1 aromatic heterocycles. The number of amides is 1. The van der Waals surface area contributed by atoms with Crippen LogP contribution in [0.2, 0.25) is 0 Å². The van der Waals surface area contributed by atoms with Gasteiger partial charge in [-0.2, -0.15) is 0 Å². The van der Waals surface area contributed by atoms with Crippen molar-refractivity contribution < 1.29 is 4.79 Å². The molecule has 2 N–H and O–H groups in total. The standard InChI is InChI=1S/C29H26N2O/c1-2-9-20-16-17-24-27(18-20)31(26-15-8-14-25(28(24)26)29(30)32)19-22-12-6-7-13-23(22)21-10-4-3-5-11-21/h3-8,10-18H,2,9,19H2,1H3,(H2,30,32). The largest absolute Gasteiger partial charge is 0.366 e. The molecular weight excluding hydrogens is 392 g/mol. The van der Waals surface area contributed by atoms with E-state index in [1.165, 1.54) is 22.3 Å². The average molecular weight is 419 g/mol. The Bertz CT molecular complexity index is 1430. The fourth-order valence-electron chi connectivity index (χ4n) is 4.74. The Balaban J connectivity index is 1.76. The van der Waals surface area contributed by atoms with Gasteiger partial charge in [0.1, 0.15) is 0 Å². The molecular formula is C29H26N2O. The van der Waals surface area contributed by atoms with E-state index in [9.17, 15) is 4.79 Å². The molecule has 0 radical (unpaired) electrons. The molecule has 4 aromatic carbocycles. The highest BCUT2D eigenvalue weighted by Crippen LogP contribution is 2.34. The Labute approximate surface area is 188 Å². The van der Waals surface area contributed by atoms with Gasteiger partial charge in [-0.3, -0.25) is 4.79 Å². The molecule has 0 spiro atoms. The van der Waals surface area contributed by atoms with Gasteiger partial charge in [0.05, 0.1) is 5.52 Å². The Hall–Kier alpha value is -3.85. The first-order valence-corrected chi connectivity index (χ1v) is 11.1. The van der Waals surface area contributed by atoms with E-state index in [4.69, 9.17) is 5.73 Å². The summed E-state index contributed by atoms with van der Waals surface area (Å²) in [5, 5.41) is 2.02. The van der Waals surface area contributed by atoms with Crippen LogP contribution in [0.5, 0.6) is 0 Å². The normalized spacial score (nSPS) is 11.3. The number of benzene rings is 4. The molecule has 0 aliphatic carbocycles. The van der Waals surface area contributed by atoms with Crippen molar-refractivity contribution in [2.75, 3.05) is 0 Å². The molecule has 0 saturated carbocycles. The Morgan fingerprint density at radius 2 is 1.62 bits per heavy atom. The Morgan fingerprint density at radius 1 is 0.844 bits per heavy atom. The highest BCUT2D eigenvalue weighted by atomic mass is 16.1. The highest BCUT2D eigenvalue weighted by Gasteiger charge is 2.17. The zero-order valence-electron chi connectivity index (χ0n) is 18.2. The molecule has 1 heterocycles. The number of nitrogens with zero attached hydrogens (tertiary/aromatic N) is 1. The molecule has 3 heteroatoms. The fourth-order valence-corrected chi connectivity index (χ4v) is 4.74. The van der Waals surface area contributed by atoms with Crippen LogP contribution in [0.15, 0.2) is 91.0 Å². The first kappa shape index (κ1) is 20.1. The first-order chi connectivity index (χ1) is 15.7. The molecule has 3 nitrogen and oxygen atoms in total. The third kappa shape index (κ3) is 3.46. The van der Waals surface area contributed by atoms with Gasteiger partial charge in [-0.1, -0.05) is 86.1 Å². The topological polar surface area (TPSA) is 48.0 Å². The molecule has 5 aromatic rings. The minimum atomic E-state index is -0.392. The maximum atomic E-state index is 12.2. The lowest BCUT2D eigenvalue weighted by Gasteiger charge is -2.13. The summed E-state index contributed by atoms with van der Waals surface area (Å²) in [5.41, 5.74) is 13.5. The summed E-state index contributed by atoms with van der Waals surface area (Å²) >= 11 is 0. The summed E-state index contributed by atoms with van der Waals surface area (Å²) in [4.78, 5) is 12.2. The second-order valence-corrected chi connectivity index (χ2v) is 8.27. The van der Waals surface area contributed by atoms with E-state index >= 15 is 0 Å². The van der Waals surface area contributed by atoms with E-state index < -0.39 is 5.91 Å². The van der Waals surface area contributed by atoms with Gasteiger partial charge >= 0.3 is 0 Å². The molecule has 1 amide bonds. The molecule has 0 bridgehead atoms. The van der Waals surface area contributed by atoms with Crippen LogP contribution in [-0.4, -0.2) is 10.5 Å². The second-order valence-electron chi connectivity index (χ2n) is 8.27. The minimum Gasteiger partial charge on any atom is -0.366 e. The van der Waals surface area contributed by atoms with Gasteiger partial charge in [-0.05, 0) is 46.9 Å². The summed E-state index contributed by atoms with van der Waals surface area (Å²) in [6, 6.07) is 31.5. The number of rotatable bonds is 6.